The molecule has 2 bridgehead atoms. The van der Waals surface area contributed by atoms with Crippen molar-refractivity contribution in [2.75, 3.05) is 20.3 Å². The summed E-state index contributed by atoms with van der Waals surface area (Å²) in [5.74, 6) is -2.02. The van der Waals surface area contributed by atoms with Gasteiger partial charge in [0.15, 0.2) is 11.9 Å². The van der Waals surface area contributed by atoms with E-state index in [1.807, 2.05) is 0 Å². The van der Waals surface area contributed by atoms with Crippen molar-refractivity contribution in [2.24, 2.45) is 17.8 Å². The molecular formula is C36H48NO11-. The predicted molar refractivity (Wildman–Crippen MR) is 171 cm³/mol. The summed E-state index contributed by atoms with van der Waals surface area (Å²) in [6, 6.07) is 2.06. The molecule has 3 aliphatic carbocycles. The first-order valence-electron chi connectivity index (χ1n) is 17.2. The van der Waals surface area contributed by atoms with Crippen LogP contribution < -0.4 is 15.6 Å². The number of esters is 1. The van der Waals surface area contributed by atoms with E-state index in [0.29, 0.717) is 41.9 Å². The Morgan fingerprint density at radius 3 is 2.65 bits per heavy atom. The highest BCUT2D eigenvalue weighted by Gasteiger charge is 2.69. The molecule has 0 amide bonds. The first-order valence-corrected chi connectivity index (χ1v) is 17.2. The number of carboxylic acid groups (broad SMARTS) is 1. The summed E-state index contributed by atoms with van der Waals surface area (Å²) in [7, 11) is 1.23. The zero-order valence-corrected chi connectivity index (χ0v) is 27.7. The topological polar surface area (TPSA) is 186 Å². The van der Waals surface area contributed by atoms with Crippen molar-refractivity contribution < 1.29 is 54.1 Å². The van der Waals surface area contributed by atoms with E-state index in [-0.39, 0.29) is 37.4 Å². The van der Waals surface area contributed by atoms with Gasteiger partial charge in [0.2, 0.25) is 0 Å². The predicted octanol–water partition coefficient (Wildman–Crippen LogP) is 1.12. The summed E-state index contributed by atoms with van der Waals surface area (Å²) < 4.78 is 24.4. The van der Waals surface area contributed by atoms with Crippen molar-refractivity contribution in [1.82, 2.24) is 4.98 Å². The number of aliphatic carboxylic acids is 1. The summed E-state index contributed by atoms with van der Waals surface area (Å²) in [6.45, 7) is 5.43. The second-order valence-electron chi connectivity index (χ2n) is 14.0. The van der Waals surface area contributed by atoms with Gasteiger partial charge in [0, 0.05) is 30.4 Å². The standard InChI is InChI=1S/C36H48NO11/c1-4-21-23(17-30(40)41)22(32(42)45-3)11-12-27(21)46-34-35(44)14-13-25-24-16-26(19(2)20-8-5-6-9-20)37-31(24)28(10-7-15-38)48-36(25,33(35)43)29(18-39)47-34/h4,11,16,19-21,23,27,29,33-34,38-39,43-44H,1,5-10,12-15,17-18H2,2-3H3,(H,40,41)/q-1/t19-,21-,23+,27-,29-,33-,34-,35-,36-/m1/s1. The highest BCUT2D eigenvalue weighted by molar-refractivity contribution is 5.90. The summed E-state index contributed by atoms with van der Waals surface area (Å²) in [5, 5.41) is 56.1. The molecule has 48 heavy (non-hydrogen) atoms. The third-order valence-corrected chi connectivity index (χ3v) is 11.5. The fraction of sp³-hybridized carbons (Fsp3) is 0.667. The Bertz CT molecular complexity index is 1560. The molecule has 5 N–H and O–H groups in total. The highest BCUT2D eigenvalue weighted by Crippen LogP contribution is 2.54. The van der Waals surface area contributed by atoms with Gasteiger partial charge >= 0.3 is 11.9 Å². The number of ether oxygens (including phenoxy) is 4. The summed E-state index contributed by atoms with van der Waals surface area (Å²) in [4.78, 5) is 29.4. The first kappa shape index (κ1) is 34.8. The number of hydrogen-bond acceptors (Lipinski definition) is 10. The third-order valence-electron chi connectivity index (χ3n) is 11.5. The van der Waals surface area contributed by atoms with Crippen LogP contribution in [0.4, 0.5) is 0 Å². The van der Waals surface area contributed by atoms with Crippen LogP contribution in [0.1, 0.15) is 82.7 Å². The first-order chi connectivity index (χ1) is 23.0. The second kappa shape index (κ2) is 13.7. The summed E-state index contributed by atoms with van der Waals surface area (Å²) >= 11 is 0. The van der Waals surface area contributed by atoms with Gasteiger partial charge in [-0.15, -0.1) is 6.58 Å². The molecule has 264 valence electrons. The van der Waals surface area contributed by atoms with Gasteiger partial charge in [0.05, 0.1) is 32.0 Å². The number of rotatable bonds is 12. The van der Waals surface area contributed by atoms with E-state index < -0.39 is 66.2 Å². The van der Waals surface area contributed by atoms with Crippen LogP contribution in [0.3, 0.4) is 0 Å². The van der Waals surface area contributed by atoms with Crippen LogP contribution in [0.25, 0.3) is 11.3 Å². The van der Waals surface area contributed by atoms with Crippen molar-refractivity contribution in [3.63, 3.8) is 0 Å². The quantitative estimate of drug-likeness (QED) is 0.158. The lowest BCUT2D eigenvalue weighted by Crippen LogP contribution is -2.78. The number of nitrogens with zero attached hydrogens (tertiary/aromatic N) is 1. The molecule has 1 aromatic rings. The van der Waals surface area contributed by atoms with E-state index in [4.69, 9.17) is 23.9 Å². The molecule has 6 rings (SSSR count). The number of aromatic nitrogens is 1. The average Bonchev–Trinajstić information content (AvgIpc) is 3.77. The van der Waals surface area contributed by atoms with E-state index >= 15 is 0 Å². The number of carbonyl (C=O) groups excluding carboxylic acids is 1. The smallest absolute Gasteiger partial charge is 0.333 e. The summed E-state index contributed by atoms with van der Waals surface area (Å²) in [6.07, 6.45) is 3.71. The molecule has 3 heterocycles. The average molecular weight is 671 g/mol. The van der Waals surface area contributed by atoms with Crippen LogP contribution in [0.2, 0.25) is 0 Å². The number of methoxy groups -OCH3 is 1. The Hall–Kier alpha value is -3.00. The maximum Gasteiger partial charge on any atom is 0.333 e. The Morgan fingerprint density at radius 2 is 2.00 bits per heavy atom. The van der Waals surface area contributed by atoms with Gasteiger partial charge in [0.25, 0.3) is 0 Å². The monoisotopic (exact) mass is 670 g/mol. The lowest BCUT2D eigenvalue weighted by molar-refractivity contribution is -0.372. The fourth-order valence-corrected chi connectivity index (χ4v) is 8.94. The molecule has 1 saturated heterocycles. The zero-order chi connectivity index (χ0) is 34.4. The molecule has 12 nitrogen and oxygen atoms in total. The van der Waals surface area contributed by atoms with E-state index in [2.05, 4.69) is 19.6 Å². The van der Waals surface area contributed by atoms with Gasteiger partial charge in [-0.3, -0.25) is 4.79 Å². The maximum absolute atomic E-state index is 12.5. The number of carboxylic acids is 1. The van der Waals surface area contributed by atoms with Gasteiger partial charge in [-0.25, -0.2) is 4.79 Å². The summed E-state index contributed by atoms with van der Waals surface area (Å²) in [5.41, 5.74) is -1.77. The minimum atomic E-state index is -1.98. The lowest BCUT2D eigenvalue weighted by Gasteiger charge is -2.60. The Kier molecular flexibility index (Phi) is 9.96. The van der Waals surface area contributed by atoms with Crippen LogP contribution >= 0.6 is 0 Å². The van der Waals surface area contributed by atoms with Crippen LogP contribution in [-0.2, 0) is 28.5 Å². The van der Waals surface area contributed by atoms with Crippen molar-refractivity contribution in [3.05, 3.63) is 46.6 Å². The highest BCUT2D eigenvalue weighted by atomic mass is 16.7. The van der Waals surface area contributed by atoms with Gasteiger partial charge in [-0.1, -0.05) is 43.3 Å². The van der Waals surface area contributed by atoms with Crippen LogP contribution in [0, 0.1) is 17.8 Å². The van der Waals surface area contributed by atoms with E-state index in [9.17, 15) is 35.1 Å². The zero-order valence-electron chi connectivity index (χ0n) is 27.7. The SMILES string of the molecule is C=C[C@@H]1[C@H](CC(=O)O)C(C(=O)OC)=CC[C@H]1O[C@@H]1O[C@H](CO)[C@]23OC(CCCO)=c4[n-]c([C@H](C)C5CCCC5)cc4=C2CC[C@@]1(O)[C@H]3O. The Balaban J connectivity index is 1.37. The number of aliphatic hydroxyl groups is 4. The molecule has 2 saturated carbocycles. The van der Waals surface area contributed by atoms with E-state index in [1.165, 1.54) is 26.0 Å². The van der Waals surface area contributed by atoms with Crippen molar-refractivity contribution in [2.45, 2.75) is 113 Å². The number of hydrogen-bond donors (Lipinski definition) is 5. The molecule has 0 unspecified atom stereocenters. The van der Waals surface area contributed by atoms with E-state index in [0.717, 1.165) is 23.8 Å². The van der Waals surface area contributed by atoms with Crippen molar-refractivity contribution in [1.29, 1.82) is 0 Å². The van der Waals surface area contributed by atoms with Gasteiger partial charge in [-0.2, -0.15) is 5.69 Å². The molecule has 9 atom stereocenters. The fourth-order valence-electron chi connectivity index (χ4n) is 8.94. The molecule has 12 heteroatoms. The largest absolute Gasteiger partial charge is 0.658 e. The van der Waals surface area contributed by atoms with E-state index in [1.54, 1.807) is 6.08 Å². The maximum atomic E-state index is 12.5. The molecule has 2 aliphatic heterocycles. The lowest BCUT2D eigenvalue weighted by atomic mass is 9.63. The van der Waals surface area contributed by atoms with Crippen LogP contribution in [-0.4, -0.2) is 93.6 Å². The van der Waals surface area contributed by atoms with Gasteiger partial charge in [0.1, 0.15) is 17.8 Å². The minimum absolute atomic E-state index is 0.0504. The number of fused-ring (bicyclic) bond motifs is 2. The Morgan fingerprint density at radius 1 is 1.25 bits per heavy atom. The second-order valence-corrected chi connectivity index (χ2v) is 14.0. The van der Waals surface area contributed by atoms with Crippen LogP contribution in [0.5, 0.6) is 0 Å². The van der Waals surface area contributed by atoms with Gasteiger partial charge < -0.3 is 49.5 Å². The molecular weight excluding hydrogens is 622 g/mol. The normalized spacial score (nSPS) is 35.2. The minimum Gasteiger partial charge on any atom is -0.658 e. The molecule has 5 aliphatic rings. The molecule has 1 aromatic heterocycles. The number of aliphatic hydroxyl groups excluding tert-OH is 3. The van der Waals surface area contributed by atoms with Crippen molar-refractivity contribution in [3.8, 4) is 0 Å². The van der Waals surface area contributed by atoms with Gasteiger partial charge in [-0.05, 0) is 61.2 Å². The third kappa shape index (κ3) is 5.64. The number of carbonyl (C=O) groups is 2. The molecule has 1 spiro atoms. The van der Waals surface area contributed by atoms with Crippen molar-refractivity contribution >= 4 is 23.3 Å². The molecule has 0 aromatic carbocycles. The molecule has 3 fully saturated rings. The Labute approximate surface area is 279 Å². The van der Waals surface area contributed by atoms with Crippen LogP contribution in [0.15, 0.2) is 30.4 Å². The molecule has 0 radical (unpaired) electrons.